The van der Waals surface area contributed by atoms with Crippen molar-refractivity contribution >= 4 is 10.0 Å². The Hall–Kier alpha value is -2.62. The number of hydrogen-bond donors (Lipinski definition) is 0. The molecule has 2 heterocycles. The summed E-state index contributed by atoms with van der Waals surface area (Å²) < 4.78 is 58.6. The molecule has 0 saturated carbocycles. The molecule has 29 heavy (non-hydrogen) atoms. The molecule has 0 amide bonds. The predicted molar refractivity (Wildman–Crippen MR) is 102 cm³/mol. The van der Waals surface area contributed by atoms with Gasteiger partial charge >= 0.3 is 0 Å². The highest BCUT2D eigenvalue weighted by atomic mass is 32.2. The number of rotatable bonds is 5. The van der Waals surface area contributed by atoms with Gasteiger partial charge in [0.1, 0.15) is 11.6 Å². The molecule has 0 radical (unpaired) electrons. The number of benzene rings is 2. The molecule has 1 fully saturated rings. The Morgan fingerprint density at radius 3 is 2.10 bits per heavy atom. The van der Waals surface area contributed by atoms with Gasteiger partial charge < -0.3 is 4.42 Å². The third-order valence-corrected chi connectivity index (χ3v) is 6.74. The van der Waals surface area contributed by atoms with Crippen LogP contribution in [0.2, 0.25) is 0 Å². The van der Waals surface area contributed by atoms with Gasteiger partial charge in [-0.05, 0) is 48.5 Å². The van der Waals surface area contributed by atoms with E-state index in [4.69, 9.17) is 4.42 Å². The van der Waals surface area contributed by atoms with Crippen molar-refractivity contribution in [2.45, 2.75) is 11.4 Å². The summed E-state index contributed by atoms with van der Waals surface area (Å²) in [6.45, 7) is 2.14. The predicted octanol–water partition coefficient (Wildman–Crippen LogP) is 3.13. The van der Waals surface area contributed by atoms with E-state index in [9.17, 15) is 17.2 Å². The molecule has 0 spiro atoms. The zero-order valence-electron chi connectivity index (χ0n) is 15.5. The summed E-state index contributed by atoms with van der Waals surface area (Å²) in [4.78, 5) is 6.40. The molecule has 0 aliphatic carbocycles. The third-order valence-electron chi connectivity index (χ3n) is 4.82. The molecule has 1 aliphatic rings. The summed E-state index contributed by atoms with van der Waals surface area (Å²) in [5.41, 5.74) is 0.736. The quantitative estimate of drug-likeness (QED) is 0.636. The molecule has 6 nitrogen and oxygen atoms in total. The first-order valence-electron chi connectivity index (χ1n) is 9.10. The fourth-order valence-corrected chi connectivity index (χ4v) is 4.63. The van der Waals surface area contributed by atoms with Crippen molar-refractivity contribution in [2.75, 3.05) is 26.2 Å². The van der Waals surface area contributed by atoms with Crippen molar-refractivity contribution in [3.05, 3.63) is 72.3 Å². The first kappa shape index (κ1) is 19.7. The van der Waals surface area contributed by atoms with Crippen LogP contribution in [0, 0.1) is 11.6 Å². The second-order valence-corrected chi connectivity index (χ2v) is 8.70. The van der Waals surface area contributed by atoms with Gasteiger partial charge in [0.25, 0.3) is 0 Å². The maximum Gasteiger partial charge on any atom is 0.243 e. The lowest BCUT2D eigenvalue weighted by Gasteiger charge is -2.33. The molecule has 0 bridgehead atoms. The van der Waals surface area contributed by atoms with Gasteiger partial charge in [-0.1, -0.05) is 0 Å². The van der Waals surface area contributed by atoms with Crippen LogP contribution in [0.5, 0.6) is 0 Å². The summed E-state index contributed by atoms with van der Waals surface area (Å²) in [5.74, 6) is 0.276. The Kier molecular flexibility index (Phi) is 5.44. The molecule has 1 aliphatic heterocycles. The average molecular weight is 419 g/mol. The fourth-order valence-electron chi connectivity index (χ4n) is 3.21. The Morgan fingerprint density at radius 2 is 1.48 bits per heavy atom. The minimum absolute atomic E-state index is 0.0870. The maximum absolute atomic E-state index is 13.1. The zero-order chi connectivity index (χ0) is 20.4. The van der Waals surface area contributed by atoms with Crippen molar-refractivity contribution < 1.29 is 21.6 Å². The minimum atomic E-state index is -3.64. The Labute approximate surface area is 167 Å². The fraction of sp³-hybridized carbons (Fsp3) is 0.250. The van der Waals surface area contributed by atoms with E-state index in [1.54, 1.807) is 18.3 Å². The van der Waals surface area contributed by atoms with Crippen molar-refractivity contribution in [1.29, 1.82) is 0 Å². The molecule has 9 heteroatoms. The van der Waals surface area contributed by atoms with Crippen molar-refractivity contribution in [3.63, 3.8) is 0 Å². The third kappa shape index (κ3) is 4.36. The highest BCUT2D eigenvalue weighted by Gasteiger charge is 2.29. The number of nitrogens with zero attached hydrogens (tertiary/aromatic N) is 3. The molecule has 0 N–H and O–H groups in total. The van der Waals surface area contributed by atoms with Gasteiger partial charge in [-0.15, -0.1) is 0 Å². The van der Waals surface area contributed by atoms with Gasteiger partial charge in [0.05, 0.1) is 17.6 Å². The molecule has 4 rings (SSSR count). The minimum Gasteiger partial charge on any atom is -0.439 e. The Balaban J connectivity index is 1.37. The van der Waals surface area contributed by atoms with Crippen LogP contribution >= 0.6 is 0 Å². The van der Waals surface area contributed by atoms with Crippen LogP contribution in [-0.4, -0.2) is 48.8 Å². The van der Waals surface area contributed by atoms with E-state index in [-0.39, 0.29) is 10.7 Å². The van der Waals surface area contributed by atoms with E-state index in [1.165, 1.54) is 28.6 Å². The molecular weight excluding hydrogens is 400 g/mol. The van der Waals surface area contributed by atoms with E-state index in [0.29, 0.717) is 44.4 Å². The summed E-state index contributed by atoms with van der Waals surface area (Å²) >= 11 is 0. The first-order valence-corrected chi connectivity index (χ1v) is 10.5. The number of hydrogen-bond acceptors (Lipinski definition) is 5. The van der Waals surface area contributed by atoms with Crippen LogP contribution < -0.4 is 0 Å². The number of aromatic nitrogens is 1. The standard InChI is InChI=1S/C20H19F2N3O3S/c21-16-3-1-15(2-4-16)19-13-23-20(28-19)14-24-9-11-25(12-10-24)29(26,27)18-7-5-17(22)6-8-18/h1-8,13H,9-12,14H2. The van der Waals surface area contributed by atoms with Crippen molar-refractivity contribution in [3.8, 4) is 11.3 Å². The van der Waals surface area contributed by atoms with E-state index >= 15 is 0 Å². The van der Waals surface area contributed by atoms with Crippen LogP contribution in [0.3, 0.4) is 0 Å². The molecule has 0 unspecified atom stereocenters. The Morgan fingerprint density at radius 1 is 0.897 bits per heavy atom. The summed E-state index contributed by atoms with van der Waals surface area (Å²) in [6.07, 6.45) is 1.60. The van der Waals surface area contributed by atoms with E-state index in [0.717, 1.165) is 17.7 Å². The molecule has 1 saturated heterocycles. The summed E-state index contributed by atoms with van der Waals surface area (Å²) in [5, 5.41) is 0. The molecular formula is C20H19F2N3O3S. The summed E-state index contributed by atoms with van der Waals surface area (Å²) in [6, 6.07) is 10.8. The topological polar surface area (TPSA) is 66.7 Å². The van der Waals surface area contributed by atoms with Crippen LogP contribution in [0.25, 0.3) is 11.3 Å². The number of piperazine rings is 1. The van der Waals surface area contributed by atoms with Gasteiger partial charge in [0.2, 0.25) is 15.9 Å². The smallest absolute Gasteiger partial charge is 0.243 e. The van der Waals surface area contributed by atoms with Crippen LogP contribution in [0.15, 0.2) is 64.0 Å². The number of halogens is 2. The van der Waals surface area contributed by atoms with Crippen LogP contribution in [-0.2, 0) is 16.6 Å². The van der Waals surface area contributed by atoms with Crippen molar-refractivity contribution in [2.24, 2.45) is 0 Å². The van der Waals surface area contributed by atoms with E-state index < -0.39 is 15.8 Å². The van der Waals surface area contributed by atoms with Crippen LogP contribution in [0.4, 0.5) is 8.78 Å². The SMILES string of the molecule is O=S(=O)(c1ccc(F)cc1)N1CCN(Cc2ncc(-c3ccc(F)cc3)o2)CC1. The van der Waals surface area contributed by atoms with E-state index in [1.807, 2.05) is 0 Å². The van der Waals surface area contributed by atoms with Gasteiger partial charge in [-0.25, -0.2) is 22.2 Å². The Bertz CT molecular complexity index is 1070. The van der Waals surface area contributed by atoms with Crippen LogP contribution in [0.1, 0.15) is 5.89 Å². The van der Waals surface area contributed by atoms with Gasteiger partial charge in [-0.2, -0.15) is 4.31 Å². The lowest BCUT2D eigenvalue weighted by atomic mass is 10.2. The van der Waals surface area contributed by atoms with E-state index in [2.05, 4.69) is 9.88 Å². The molecule has 1 aromatic heterocycles. The highest BCUT2D eigenvalue weighted by molar-refractivity contribution is 7.89. The molecule has 3 aromatic rings. The second kappa shape index (κ2) is 8.02. The molecule has 2 aromatic carbocycles. The summed E-state index contributed by atoms with van der Waals surface area (Å²) in [7, 11) is -3.64. The maximum atomic E-state index is 13.1. The largest absolute Gasteiger partial charge is 0.439 e. The second-order valence-electron chi connectivity index (χ2n) is 6.76. The normalized spacial score (nSPS) is 16.2. The van der Waals surface area contributed by atoms with Gasteiger partial charge in [-0.3, -0.25) is 4.90 Å². The number of sulfonamides is 1. The molecule has 0 atom stereocenters. The number of oxazole rings is 1. The lowest BCUT2D eigenvalue weighted by Crippen LogP contribution is -2.48. The highest BCUT2D eigenvalue weighted by Crippen LogP contribution is 2.22. The zero-order valence-corrected chi connectivity index (χ0v) is 16.3. The van der Waals surface area contributed by atoms with Crippen molar-refractivity contribution in [1.82, 2.24) is 14.2 Å². The average Bonchev–Trinajstić information content (AvgIpc) is 3.18. The van der Waals surface area contributed by atoms with Gasteiger partial charge in [0, 0.05) is 31.7 Å². The monoisotopic (exact) mass is 419 g/mol. The van der Waals surface area contributed by atoms with Gasteiger partial charge in [0.15, 0.2) is 5.76 Å². The molecule has 152 valence electrons. The first-order chi connectivity index (χ1) is 13.9. The lowest BCUT2D eigenvalue weighted by molar-refractivity contribution is 0.168.